The molecule has 0 saturated heterocycles. The Balaban J connectivity index is -0.000000912. The summed E-state index contributed by atoms with van der Waals surface area (Å²) in [6, 6.07) is 32.9. The SMILES string of the molecule is C.CC.CC.CC.CC.CC.CC.Cc1cc(C(c2ccc(O)c(C)c2)c2ccc(O)c(C)c2)ccc1O.Cc1ccc(O)c(C(c2cc(C)ccc2O)c2cc(C)ccc2O)c1. The predicted molar refractivity (Wildman–Crippen MR) is 274 cm³/mol. The Morgan fingerprint density at radius 2 is 0.476 bits per heavy atom. The zero-order valence-corrected chi connectivity index (χ0v) is 41.2. The summed E-state index contributed by atoms with van der Waals surface area (Å²) in [6.07, 6.45) is 0. The molecule has 0 aliphatic rings. The van der Waals surface area contributed by atoms with Crippen molar-refractivity contribution in [3.05, 3.63) is 176 Å². The summed E-state index contributed by atoms with van der Waals surface area (Å²) in [4.78, 5) is 0. The van der Waals surface area contributed by atoms with Crippen LogP contribution in [0.4, 0.5) is 0 Å². The van der Waals surface area contributed by atoms with Crippen molar-refractivity contribution in [2.75, 3.05) is 0 Å². The van der Waals surface area contributed by atoms with Gasteiger partial charge in [-0.25, -0.2) is 0 Å². The normalized spacial score (nSPS) is 9.33. The third kappa shape index (κ3) is 17.8. The molecule has 0 bridgehead atoms. The van der Waals surface area contributed by atoms with E-state index in [1.165, 1.54) is 0 Å². The first-order chi connectivity index (χ1) is 29.7. The van der Waals surface area contributed by atoms with Crippen LogP contribution in [0.1, 0.15) is 169 Å². The molecule has 348 valence electrons. The summed E-state index contributed by atoms with van der Waals surface area (Å²) in [5.41, 5.74) is 10.5. The second-order valence-electron chi connectivity index (χ2n) is 13.2. The molecule has 6 nitrogen and oxygen atoms in total. The lowest BCUT2D eigenvalue weighted by atomic mass is 9.82. The highest BCUT2D eigenvalue weighted by Crippen LogP contribution is 2.44. The molecule has 63 heavy (non-hydrogen) atoms. The molecule has 0 aliphatic carbocycles. The maximum absolute atomic E-state index is 10.5. The standard InChI is InChI=1S/2C22H22O3.6C2H6.CH4/c1-13-10-16(4-7-19(13)23)22(17-5-8-20(24)14(2)11-17)18-6-9-21(25)15(3)12-18;1-13-4-7-19(23)16(10-13)22(17-11-14(2)5-8-20(17)24)18-12-15(3)6-9-21(18)25;6*1-2;/h2*4-12,22-25H,1-3H3;6*1-2H3;1H4. The van der Waals surface area contributed by atoms with Crippen LogP contribution < -0.4 is 0 Å². The predicted octanol–water partition coefficient (Wildman–Crippen LogP) is 16.6. The maximum Gasteiger partial charge on any atom is 0.119 e. The van der Waals surface area contributed by atoms with Gasteiger partial charge in [-0.2, -0.15) is 0 Å². The largest absolute Gasteiger partial charge is 0.508 e. The van der Waals surface area contributed by atoms with E-state index in [9.17, 15) is 30.6 Å². The quantitative estimate of drug-likeness (QED) is 0.0928. The van der Waals surface area contributed by atoms with Crippen molar-refractivity contribution in [2.45, 2.75) is 144 Å². The first-order valence-corrected chi connectivity index (χ1v) is 22.5. The third-order valence-electron chi connectivity index (χ3n) is 9.14. The summed E-state index contributed by atoms with van der Waals surface area (Å²) in [6.45, 7) is 35.5. The molecule has 6 rings (SSSR count). The van der Waals surface area contributed by atoms with E-state index < -0.39 is 5.92 Å². The molecule has 0 aromatic heterocycles. The number of hydrogen-bond acceptors (Lipinski definition) is 6. The topological polar surface area (TPSA) is 121 Å². The van der Waals surface area contributed by atoms with Crippen molar-refractivity contribution in [2.24, 2.45) is 0 Å². The zero-order chi connectivity index (χ0) is 48.3. The lowest BCUT2D eigenvalue weighted by Crippen LogP contribution is -2.06. The molecule has 6 N–H and O–H groups in total. The first kappa shape index (κ1) is 61.4. The number of benzene rings is 6. The Kier molecular flexibility index (Phi) is 32.0. The smallest absolute Gasteiger partial charge is 0.119 e. The fourth-order valence-corrected chi connectivity index (χ4v) is 6.37. The number of phenols is 6. The summed E-state index contributed by atoms with van der Waals surface area (Å²) < 4.78 is 0. The van der Waals surface area contributed by atoms with Gasteiger partial charge >= 0.3 is 0 Å². The summed E-state index contributed by atoms with van der Waals surface area (Å²) in [7, 11) is 0. The Labute approximate surface area is 383 Å². The van der Waals surface area contributed by atoms with Gasteiger partial charge < -0.3 is 30.6 Å². The van der Waals surface area contributed by atoms with Crippen LogP contribution in [0.15, 0.2) is 109 Å². The second-order valence-corrected chi connectivity index (χ2v) is 13.2. The molecule has 0 amide bonds. The van der Waals surface area contributed by atoms with Gasteiger partial charge in [-0.05, 0) is 111 Å². The molecule has 6 heteroatoms. The number of hydrogen-bond donors (Lipinski definition) is 6. The van der Waals surface area contributed by atoms with E-state index >= 15 is 0 Å². The number of aryl methyl sites for hydroxylation is 6. The van der Waals surface area contributed by atoms with Gasteiger partial charge in [-0.3, -0.25) is 0 Å². The van der Waals surface area contributed by atoms with Crippen molar-refractivity contribution >= 4 is 0 Å². The van der Waals surface area contributed by atoms with E-state index in [0.717, 1.165) is 50.1 Å². The van der Waals surface area contributed by atoms with Crippen LogP contribution >= 0.6 is 0 Å². The van der Waals surface area contributed by atoms with Gasteiger partial charge in [-0.1, -0.05) is 180 Å². The maximum atomic E-state index is 10.5. The summed E-state index contributed by atoms with van der Waals surface area (Å²) >= 11 is 0. The minimum Gasteiger partial charge on any atom is -0.508 e. The summed E-state index contributed by atoms with van der Waals surface area (Å²) in [5, 5.41) is 61.0. The highest BCUT2D eigenvalue weighted by atomic mass is 16.3. The van der Waals surface area contributed by atoms with Crippen LogP contribution in [0, 0.1) is 41.5 Å². The van der Waals surface area contributed by atoms with E-state index in [0.29, 0.717) is 16.7 Å². The van der Waals surface area contributed by atoms with Gasteiger partial charge in [0.1, 0.15) is 34.5 Å². The molecule has 6 aromatic rings. The van der Waals surface area contributed by atoms with Crippen LogP contribution in [0.25, 0.3) is 0 Å². The van der Waals surface area contributed by atoms with Crippen LogP contribution in [0.3, 0.4) is 0 Å². The molecule has 0 aliphatic heterocycles. The molecule has 0 unspecified atom stereocenters. The Morgan fingerprint density at radius 3 is 0.683 bits per heavy atom. The fourth-order valence-electron chi connectivity index (χ4n) is 6.37. The second kappa shape index (κ2) is 32.8. The van der Waals surface area contributed by atoms with E-state index in [1.807, 2.05) is 197 Å². The Bertz CT molecular complexity index is 1920. The van der Waals surface area contributed by atoms with Gasteiger partial charge in [0.15, 0.2) is 0 Å². The van der Waals surface area contributed by atoms with Crippen molar-refractivity contribution in [3.63, 3.8) is 0 Å². The van der Waals surface area contributed by atoms with Crippen LogP contribution in [-0.2, 0) is 0 Å². The van der Waals surface area contributed by atoms with Gasteiger partial charge in [0.25, 0.3) is 0 Å². The number of phenolic OH excluding ortho intramolecular Hbond substituents is 6. The monoisotopic (exact) mass is 865 g/mol. The van der Waals surface area contributed by atoms with Crippen molar-refractivity contribution in [1.29, 1.82) is 0 Å². The molecule has 0 heterocycles. The highest BCUT2D eigenvalue weighted by Gasteiger charge is 2.26. The fraction of sp³-hybridized carbons (Fsp3) is 0.368. The summed E-state index contributed by atoms with van der Waals surface area (Å²) in [5.74, 6) is 0.689. The zero-order valence-electron chi connectivity index (χ0n) is 41.2. The van der Waals surface area contributed by atoms with Crippen LogP contribution in [-0.4, -0.2) is 30.6 Å². The molecule has 0 atom stereocenters. The molecular weight excluding hydrogens is 781 g/mol. The lowest BCUT2D eigenvalue weighted by molar-refractivity contribution is 0.450. The minimum atomic E-state index is -0.473. The molecule has 0 saturated carbocycles. The van der Waals surface area contributed by atoms with E-state index in [4.69, 9.17) is 0 Å². The first-order valence-electron chi connectivity index (χ1n) is 22.5. The number of rotatable bonds is 6. The minimum absolute atomic E-state index is 0. The van der Waals surface area contributed by atoms with Gasteiger partial charge in [0.05, 0.1) is 0 Å². The van der Waals surface area contributed by atoms with Crippen molar-refractivity contribution in [1.82, 2.24) is 0 Å². The molecular formula is C57H84O6. The van der Waals surface area contributed by atoms with Crippen LogP contribution in [0.5, 0.6) is 34.5 Å². The van der Waals surface area contributed by atoms with E-state index in [1.54, 1.807) is 36.4 Å². The third-order valence-corrected chi connectivity index (χ3v) is 9.14. The van der Waals surface area contributed by atoms with E-state index in [-0.39, 0.29) is 47.8 Å². The van der Waals surface area contributed by atoms with Crippen molar-refractivity contribution in [3.8, 4) is 34.5 Å². The van der Waals surface area contributed by atoms with Gasteiger partial charge in [0.2, 0.25) is 0 Å². The van der Waals surface area contributed by atoms with Crippen molar-refractivity contribution < 1.29 is 30.6 Å². The number of aromatic hydroxyl groups is 6. The van der Waals surface area contributed by atoms with Gasteiger partial charge in [0, 0.05) is 28.5 Å². The molecule has 6 aromatic carbocycles. The average Bonchev–Trinajstić information content (AvgIpc) is 3.30. The Morgan fingerprint density at radius 1 is 0.270 bits per heavy atom. The molecule has 0 radical (unpaired) electrons. The molecule has 0 spiro atoms. The molecule has 0 fully saturated rings. The Hall–Kier alpha value is -5.88. The average molecular weight is 865 g/mol. The highest BCUT2D eigenvalue weighted by molar-refractivity contribution is 5.57. The van der Waals surface area contributed by atoms with Crippen LogP contribution in [0.2, 0.25) is 0 Å². The van der Waals surface area contributed by atoms with E-state index in [2.05, 4.69) is 0 Å². The lowest BCUT2D eigenvalue weighted by Gasteiger charge is -2.23. The van der Waals surface area contributed by atoms with Gasteiger partial charge in [-0.15, -0.1) is 0 Å².